The molecule has 1 unspecified atom stereocenters. The fourth-order valence-electron chi connectivity index (χ4n) is 2.41. The molecule has 0 aliphatic carbocycles. The third-order valence-electron chi connectivity index (χ3n) is 3.55. The Labute approximate surface area is 126 Å². The second-order valence-electron chi connectivity index (χ2n) is 4.85. The Bertz CT molecular complexity index is 449. The Morgan fingerprint density at radius 2 is 2.32 bits per heavy atom. The summed E-state index contributed by atoms with van der Waals surface area (Å²) in [5.74, 6) is 0.112. The zero-order valence-corrected chi connectivity index (χ0v) is 12.9. The van der Waals surface area contributed by atoms with Crippen LogP contribution in [0.3, 0.4) is 0 Å². The van der Waals surface area contributed by atoms with Gasteiger partial charge in [0.2, 0.25) is 5.91 Å². The summed E-state index contributed by atoms with van der Waals surface area (Å²) < 4.78 is 13.6. The summed E-state index contributed by atoms with van der Waals surface area (Å²) in [6.07, 6.45) is 2.15. The quantitative estimate of drug-likeness (QED) is 0.761. The van der Waals surface area contributed by atoms with E-state index in [2.05, 4.69) is 15.9 Å². The second kappa shape index (κ2) is 6.71. The van der Waals surface area contributed by atoms with E-state index in [1.54, 1.807) is 12.1 Å². The summed E-state index contributed by atoms with van der Waals surface area (Å²) in [5.41, 5.74) is 0.304. The molecule has 1 aliphatic heterocycles. The van der Waals surface area contributed by atoms with Gasteiger partial charge in [-0.3, -0.25) is 4.79 Å². The fraction of sp³-hybridized carbons (Fsp3) is 0.500. The van der Waals surface area contributed by atoms with Crippen molar-refractivity contribution in [1.82, 2.24) is 4.90 Å². The van der Waals surface area contributed by atoms with E-state index in [9.17, 15) is 9.18 Å². The van der Waals surface area contributed by atoms with Crippen LogP contribution in [0.1, 0.15) is 18.4 Å². The van der Waals surface area contributed by atoms with Crippen molar-refractivity contribution in [3.05, 3.63) is 34.6 Å². The van der Waals surface area contributed by atoms with Crippen molar-refractivity contribution < 1.29 is 9.18 Å². The molecule has 1 aromatic carbocycles. The van der Waals surface area contributed by atoms with Gasteiger partial charge >= 0.3 is 0 Å². The summed E-state index contributed by atoms with van der Waals surface area (Å²) in [5, 5.41) is 1.28. The van der Waals surface area contributed by atoms with Gasteiger partial charge in [0, 0.05) is 29.0 Å². The standard InChI is InChI=1S/C14H16BrClFNO/c15-6-4-10-5-7-18(9-10)14(19)8-11-12(16)2-1-3-13(11)17/h1-3,10H,4-9H2. The summed E-state index contributed by atoms with van der Waals surface area (Å²) in [6, 6.07) is 4.50. The number of alkyl halides is 1. The van der Waals surface area contributed by atoms with Gasteiger partial charge in [-0.25, -0.2) is 4.39 Å². The highest BCUT2D eigenvalue weighted by atomic mass is 79.9. The predicted octanol–water partition coefficient (Wildman–Crippen LogP) is 3.66. The number of hydrogen-bond donors (Lipinski definition) is 0. The normalized spacial score (nSPS) is 18.9. The summed E-state index contributed by atoms with van der Waals surface area (Å²) in [7, 11) is 0. The SMILES string of the molecule is O=C(Cc1c(F)cccc1Cl)N1CCC(CCBr)C1. The number of amides is 1. The minimum Gasteiger partial charge on any atom is -0.342 e. The lowest BCUT2D eigenvalue weighted by atomic mass is 10.1. The summed E-state index contributed by atoms with van der Waals surface area (Å²) in [4.78, 5) is 14.0. The van der Waals surface area contributed by atoms with Crippen LogP contribution in [0.2, 0.25) is 5.02 Å². The monoisotopic (exact) mass is 347 g/mol. The largest absolute Gasteiger partial charge is 0.342 e. The van der Waals surface area contributed by atoms with Crippen molar-refractivity contribution in [2.45, 2.75) is 19.3 Å². The fourth-order valence-corrected chi connectivity index (χ4v) is 3.29. The van der Waals surface area contributed by atoms with Gasteiger partial charge in [0.05, 0.1) is 6.42 Å². The lowest BCUT2D eigenvalue weighted by Gasteiger charge is -2.17. The van der Waals surface area contributed by atoms with Crippen molar-refractivity contribution in [1.29, 1.82) is 0 Å². The number of benzene rings is 1. The number of hydrogen-bond acceptors (Lipinski definition) is 1. The van der Waals surface area contributed by atoms with Gasteiger partial charge in [0.25, 0.3) is 0 Å². The van der Waals surface area contributed by atoms with Gasteiger partial charge in [0.15, 0.2) is 0 Å². The Morgan fingerprint density at radius 3 is 3.00 bits per heavy atom. The molecule has 2 rings (SSSR count). The number of nitrogens with zero attached hydrogens (tertiary/aromatic N) is 1. The zero-order valence-electron chi connectivity index (χ0n) is 10.5. The van der Waals surface area contributed by atoms with Crippen molar-refractivity contribution in [3.63, 3.8) is 0 Å². The van der Waals surface area contributed by atoms with Crippen LogP contribution < -0.4 is 0 Å². The molecular weight excluding hydrogens is 333 g/mol. The van der Waals surface area contributed by atoms with Gasteiger partial charge in [-0.15, -0.1) is 0 Å². The van der Waals surface area contributed by atoms with E-state index in [1.165, 1.54) is 6.07 Å². The molecular formula is C14H16BrClFNO. The minimum atomic E-state index is -0.406. The first-order chi connectivity index (χ1) is 9.11. The van der Waals surface area contributed by atoms with Gasteiger partial charge in [-0.05, 0) is 30.9 Å². The highest BCUT2D eigenvalue weighted by Gasteiger charge is 2.26. The Balaban J connectivity index is 1.98. The first-order valence-electron chi connectivity index (χ1n) is 6.38. The third-order valence-corrected chi connectivity index (χ3v) is 4.36. The van der Waals surface area contributed by atoms with Crippen LogP contribution in [-0.2, 0) is 11.2 Å². The lowest BCUT2D eigenvalue weighted by molar-refractivity contribution is -0.129. The second-order valence-corrected chi connectivity index (χ2v) is 6.05. The van der Waals surface area contributed by atoms with Crippen LogP contribution in [0.25, 0.3) is 0 Å². The summed E-state index contributed by atoms with van der Waals surface area (Å²) in [6.45, 7) is 1.54. The Morgan fingerprint density at radius 1 is 1.53 bits per heavy atom. The molecule has 0 bridgehead atoms. The molecule has 1 aromatic rings. The van der Waals surface area contributed by atoms with E-state index in [0.29, 0.717) is 16.5 Å². The molecule has 5 heteroatoms. The third kappa shape index (κ3) is 3.69. The van der Waals surface area contributed by atoms with E-state index >= 15 is 0 Å². The van der Waals surface area contributed by atoms with Gasteiger partial charge in [-0.2, -0.15) is 0 Å². The first kappa shape index (κ1) is 14.8. The molecule has 19 heavy (non-hydrogen) atoms. The number of likely N-dealkylation sites (tertiary alicyclic amines) is 1. The molecule has 104 valence electrons. The van der Waals surface area contributed by atoms with Crippen LogP contribution in [0, 0.1) is 11.7 Å². The maximum absolute atomic E-state index is 13.6. The Kier molecular flexibility index (Phi) is 5.22. The average molecular weight is 349 g/mol. The highest BCUT2D eigenvalue weighted by molar-refractivity contribution is 9.09. The van der Waals surface area contributed by atoms with Crippen LogP contribution >= 0.6 is 27.5 Å². The van der Waals surface area contributed by atoms with Gasteiger partial charge in [0.1, 0.15) is 5.82 Å². The Hall–Kier alpha value is -0.610. The molecule has 1 amide bonds. The number of halogens is 3. The molecule has 0 radical (unpaired) electrons. The maximum Gasteiger partial charge on any atom is 0.227 e. The average Bonchev–Trinajstić information content (AvgIpc) is 2.83. The van der Waals surface area contributed by atoms with E-state index < -0.39 is 5.82 Å². The lowest BCUT2D eigenvalue weighted by Crippen LogP contribution is -2.30. The van der Waals surface area contributed by atoms with Crippen molar-refractivity contribution in [3.8, 4) is 0 Å². The molecule has 0 N–H and O–H groups in total. The van der Waals surface area contributed by atoms with Gasteiger partial charge in [-0.1, -0.05) is 33.6 Å². The van der Waals surface area contributed by atoms with E-state index in [-0.39, 0.29) is 12.3 Å². The molecule has 1 atom stereocenters. The minimum absolute atomic E-state index is 0.0379. The zero-order chi connectivity index (χ0) is 13.8. The van der Waals surface area contributed by atoms with Crippen LogP contribution in [-0.4, -0.2) is 29.2 Å². The van der Waals surface area contributed by atoms with E-state index in [4.69, 9.17) is 11.6 Å². The van der Waals surface area contributed by atoms with Crippen LogP contribution in [0.5, 0.6) is 0 Å². The molecule has 2 nitrogen and oxygen atoms in total. The molecule has 1 aliphatic rings. The predicted molar refractivity (Wildman–Crippen MR) is 78.2 cm³/mol. The highest BCUT2D eigenvalue weighted by Crippen LogP contribution is 2.24. The van der Waals surface area contributed by atoms with Crippen molar-refractivity contribution in [2.75, 3.05) is 18.4 Å². The van der Waals surface area contributed by atoms with Crippen LogP contribution in [0.4, 0.5) is 4.39 Å². The number of carbonyl (C=O) groups excluding carboxylic acids is 1. The van der Waals surface area contributed by atoms with E-state index in [0.717, 1.165) is 31.3 Å². The molecule has 1 heterocycles. The maximum atomic E-state index is 13.6. The van der Waals surface area contributed by atoms with Crippen LogP contribution in [0.15, 0.2) is 18.2 Å². The molecule has 0 aromatic heterocycles. The number of rotatable bonds is 4. The van der Waals surface area contributed by atoms with Gasteiger partial charge < -0.3 is 4.90 Å². The molecule has 1 fully saturated rings. The molecule has 1 saturated heterocycles. The summed E-state index contributed by atoms with van der Waals surface area (Å²) >= 11 is 9.36. The van der Waals surface area contributed by atoms with E-state index in [1.807, 2.05) is 4.90 Å². The first-order valence-corrected chi connectivity index (χ1v) is 7.88. The van der Waals surface area contributed by atoms with Crippen molar-refractivity contribution >= 4 is 33.4 Å². The van der Waals surface area contributed by atoms with Crippen molar-refractivity contribution in [2.24, 2.45) is 5.92 Å². The molecule has 0 saturated carbocycles. The molecule has 0 spiro atoms. The smallest absolute Gasteiger partial charge is 0.227 e. The topological polar surface area (TPSA) is 20.3 Å². The number of carbonyl (C=O) groups is 1.